The number of fused-ring (bicyclic) bond motifs is 1. The van der Waals surface area contributed by atoms with Crippen molar-refractivity contribution < 1.29 is 16.8 Å². The molecule has 4 rings (SSSR count). The number of benzene rings is 2. The summed E-state index contributed by atoms with van der Waals surface area (Å²) in [5, 5.41) is 4.51. The quantitative estimate of drug-likeness (QED) is 0.472. The molecule has 4 aromatic rings. The minimum absolute atomic E-state index is 0.262. The maximum atomic E-state index is 11.7. The molecule has 0 aliphatic rings. The molecule has 7 nitrogen and oxygen atoms in total. The molecule has 30 heavy (non-hydrogen) atoms. The molecule has 0 radical (unpaired) electrons. The summed E-state index contributed by atoms with van der Waals surface area (Å²) in [4.78, 5) is 5.18. The Morgan fingerprint density at radius 1 is 0.800 bits per heavy atom. The molecule has 0 atom stereocenters. The number of nitrogens with zero attached hydrogens (tertiary/aromatic N) is 3. The first-order valence-corrected chi connectivity index (χ1v) is 12.8. The van der Waals surface area contributed by atoms with Crippen molar-refractivity contribution in [3.05, 3.63) is 78.2 Å². The first-order valence-electron chi connectivity index (χ1n) is 9.05. The van der Waals surface area contributed by atoms with Gasteiger partial charge in [0.2, 0.25) is 0 Å². The van der Waals surface area contributed by atoms with Gasteiger partial charge in [0.15, 0.2) is 31.1 Å². The van der Waals surface area contributed by atoms with Gasteiger partial charge in [0.25, 0.3) is 0 Å². The summed E-state index contributed by atoms with van der Waals surface area (Å²) in [6.07, 6.45) is 4.61. The topological polar surface area (TPSA) is 98.5 Å². The number of sulfone groups is 2. The van der Waals surface area contributed by atoms with Crippen molar-refractivity contribution >= 4 is 25.3 Å². The van der Waals surface area contributed by atoms with Gasteiger partial charge in [-0.05, 0) is 47.5 Å². The second-order valence-electron chi connectivity index (χ2n) is 7.11. The number of aromatic nitrogens is 3. The summed E-state index contributed by atoms with van der Waals surface area (Å²) in [6, 6.07) is 17.1. The van der Waals surface area contributed by atoms with Crippen molar-refractivity contribution in [1.29, 1.82) is 0 Å². The highest BCUT2D eigenvalue weighted by Gasteiger charge is 2.13. The smallest absolute Gasteiger partial charge is 0.175 e. The number of hydrogen-bond acceptors (Lipinski definition) is 6. The summed E-state index contributed by atoms with van der Waals surface area (Å²) < 4.78 is 48.3. The van der Waals surface area contributed by atoms with Crippen molar-refractivity contribution in [2.45, 2.75) is 16.2 Å². The van der Waals surface area contributed by atoms with Crippen LogP contribution in [0, 0.1) is 0 Å². The van der Waals surface area contributed by atoms with E-state index in [0.717, 1.165) is 16.7 Å². The molecule has 2 aromatic heterocycles. The van der Waals surface area contributed by atoms with Gasteiger partial charge in [-0.1, -0.05) is 24.3 Å². The SMILES string of the molecule is CS(=O)(=O)c1ccc(Cc2nc3c(-c4ccc(S(C)(=O)=O)cc4)cccn3n2)cc1. The average molecular weight is 442 g/mol. The van der Waals surface area contributed by atoms with Crippen LogP contribution in [0.4, 0.5) is 0 Å². The molecule has 0 bridgehead atoms. The molecule has 0 amide bonds. The zero-order chi connectivity index (χ0) is 21.5. The minimum atomic E-state index is -3.26. The third-order valence-electron chi connectivity index (χ3n) is 4.71. The monoisotopic (exact) mass is 441 g/mol. The molecule has 0 fully saturated rings. The van der Waals surface area contributed by atoms with Crippen LogP contribution in [-0.4, -0.2) is 43.9 Å². The molecule has 154 valence electrons. The zero-order valence-corrected chi connectivity index (χ0v) is 18.0. The molecule has 2 aromatic carbocycles. The second kappa shape index (κ2) is 7.33. The first-order chi connectivity index (χ1) is 14.1. The van der Waals surface area contributed by atoms with Crippen LogP contribution in [-0.2, 0) is 26.1 Å². The van der Waals surface area contributed by atoms with Crippen LogP contribution in [0.1, 0.15) is 11.4 Å². The molecule has 0 saturated carbocycles. The fraction of sp³-hybridized carbons (Fsp3) is 0.143. The van der Waals surface area contributed by atoms with Crippen LogP contribution in [0.25, 0.3) is 16.8 Å². The van der Waals surface area contributed by atoms with E-state index in [2.05, 4.69) is 10.1 Å². The highest BCUT2D eigenvalue weighted by atomic mass is 32.2. The molecule has 0 N–H and O–H groups in total. The lowest BCUT2D eigenvalue weighted by Crippen LogP contribution is -1.98. The molecule has 9 heteroatoms. The number of pyridine rings is 1. The van der Waals surface area contributed by atoms with Gasteiger partial charge < -0.3 is 0 Å². The van der Waals surface area contributed by atoms with Gasteiger partial charge in [-0.25, -0.2) is 26.3 Å². The van der Waals surface area contributed by atoms with E-state index in [9.17, 15) is 16.8 Å². The van der Waals surface area contributed by atoms with E-state index in [1.54, 1.807) is 59.2 Å². The maximum absolute atomic E-state index is 11.7. The predicted molar refractivity (Wildman–Crippen MR) is 114 cm³/mol. The molecule has 0 unspecified atom stereocenters. The van der Waals surface area contributed by atoms with Crippen LogP contribution in [0.5, 0.6) is 0 Å². The Kier molecular flexibility index (Phi) is 4.95. The summed E-state index contributed by atoms with van der Waals surface area (Å²) in [5.41, 5.74) is 3.23. The van der Waals surface area contributed by atoms with Gasteiger partial charge in [-0.3, -0.25) is 0 Å². The van der Waals surface area contributed by atoms with Crippen molar-refractivity contribution in [3.63, 3.8) is 0 Å². The molecule has 0 spiro atoms. The summed E-state index contributed by atoms with van der Waals surface area (Å²) in [5.74, 6) is 0.599. The first kappa shape index (κ1) is 20.2. The van der Waals surface area contributed by atoms with E-state index in [1.807, 2.05) is 12.1 Å². The summed E-state index contributed by atoms with van der Waals surface area (Å²) in [6.45, 7) is 0. The maximum Gasteiger partial charge on any atom is 0.175 e. The lowest BCUT2D eigenvalue weighted by Gasteiger charge is -2.04. The Morgan fingerprint density at radius 2 is 1.37 bits per heavy atom. The molecule has 2 heterocycles. The molecular formula is C21H19N3O4S2. The average Bonchev–Trinajstić information content (AvgIpc) is 3.09. The van der Waals surface area contributed by atoms with Crippen LogP contribution >= 0.6 is 0 Å². The highest BCUT2D eigenvalue weighted by molar-refractivity contribution is 7.91. The number of rotatable bonds is 5. The van der Waals surface area contributed by atoms with Crippen LogP contribution in [0.3, 0.4) is 0 Å². The second-order valence-corrected chi connectivity index (χ2v) is 11.1. The normalized spacial score (nSPS) is 12.3. The molecule has 0 saturated heterocycles. The number of hydrogen-bond donors (Lipinski definition) is 0. The fourth-order valence-electron chi connectivity index (χ4n) is 3.17. The van der Waals surface area contributed by atoms with Crippen LogP contribution in [0.2, 0.25) is 0 Å². The van der Waals surface area contributed by atoms with Crippen LogP contribution in [0.15, 0.2) is 76.7 Å². The van der Waals surface area contributed by atoms with Gasteiger partial charge in [0.1, 0.15) is 0 Å². The van der Waals surface area contributed by atoms with Crippen molar-refractivity contribution in [2.24, 2.45) is 0 Å². The Balaban J connectivity index is 1.67. The van der Waals surface area contributed by atoms with E-state index in [4.69, 9.17) is 0 Å². The molecule has 0 aliphatic carbocycles. The van der Waals surface area contributed by atoms with Gasteiger partial charge in [0, 0.05) is 30.7 Å². The summed E-state index contributed by atoms with van der Waals surface area (Å²) >= 11 is 0. The predicted octanol–water partition coefficient (Wildman–Crippen LogP) is 2.79. The molecule has 0 aliphatic heterocycles. The van der Waals surface area contributed by atoms with Crippen molar-refractivity contribution in [2.75, 3.05) is 12.5 Å². The molecular weight excluding hydrogens is 422 g/mol. The Bertz CT molecular complexity index is 1440. The fourth-order valence-corrected chi connectivity index (χ4v) is 4.43. The van der Waals surface area contributed by atoms with Gasteiger partial charge in [-0.15, -0.1) is 0 Å². The van der Waals surface area contributed by atoms with Gasteiger partial charge in [0.05, 0.1) is 9.79 Å². The van der Waals surface area contributed by atoms with Crippen molar-refractivity contribution in [1.82, 2.24) is 14.6 Å². The zero-order valence-electron chi connectivity index (χ0n) is 16.3. The lowest BCUT2D eigenvalue weighted by atomic mass is 10.1. The van der Waals surface area contributed by atoms with E-state index in [0.29, 0.717) is 17.9 Å². The van der Waals surface area contributed by atoms with Gasteiger partial charge >= 0.3 is 0 Å². The third kappa shape index (κ3) is 4.12. The van der Waals surface area contributed by atoms with Crippen LogP contribution < -0.4 is 0 Å². The standard InChI is InChI=1S/C21H19N3O4S2/c1-29(25,26)17-9-5-15(6-10-17)14-20-22-21-19(4-3-13-24(21)23-20)16-7-11-18(12-8-16)30(2,27)28/h3-13H,14H2,1-2H3. The van der Waals surface area contributed by atoms with E-state index in [-0.39, 0.29) is 9.79 Å². The Hall–Kier alpha value is -3.04. The minimum Gasteiger partial charge on any atom is -0.224 e. The third-order valence-corrected chi connectivity index (χ3v) is 6.97. The van der Waals surface area contributed by atoms with Crippen molar-refractivity contribution in [3.8, 4) is 11.1 Å². The Morgan fingerprint density at radius 3 is 1.93 bits per heavy atom. The van der Waals surface area contributed by atoms with E-state index in [1.165, 1.54) is 12.5 Å². The van der Waals surface area contributed by atoms with E-state index >= 15 is 0 Å². The van der Waals surface area contributed by atoms with Gasteiger partial charge in [-0.2, -0.15) is 5.10 Å². The highest BCUT2D eigenvalue weighted by Crippen LogP contribution is 2.25. The lowest BCUT2D eigenvalue weighted by molar-refractivity contribution is 0.600. The largest absolute Gasteiger partial charge is 0.224 e. The van der Waals surface area contributed by atoms with E-state index < -0.39 is 19.7 Å². The summed E-state index contributed by atoms with van der Waals surface area (Å²) in [7, 11) is -6.49. The Labute approximate surface area is 174 Å².